The van der Waals surface area contributed by atoms with Crippen LogP contribution in [0.15, 0.2) is 0 Å². The lowest BCUT2D eigenvalue weighted by molar-refractivity contribution is -0.132. The van der Waals surface area contributed by atoms with Gasteiger partial charge in [-0.2, -0.15) is 13.5 Å². The zero-order chi connectivity index (χ0) is 19.6. The van der Waals surface area contributed by atoms with E-state index >= 15 is 0 Å². The summed E-state index contributed by atoms with van der Waals surface area (Å²) < 4.78 is 40.0. The average Bonchev–Trinajstić information content (AvgIpc) is 2.84. The topological polar surface area (TPSA) is 158 Å². The first-order valence-electron chi connectivity index (χ1n) is 8.40. The molecule has 13 nitrogen and oxygen atoms in total. The Kier molecular flexibility index (Phi) is 5.81. The SMILES string of the molecule is O=C(CN1CCOCC1)NNC(=O)[C@@H]1CCC2CN1C(=O)N2OS(=O)(=O)O. The van der Waals surface area contributed by atoms with E-state index in [-0.39, 0.29) is 19.5 Å². The molecule has 3 saturated heterocycles. The molecule has 2 atom stereocenters. The summed E-state index contributed by atoms with van der Waals surface area (Å²) in [5.41, 5.74) is 4.60. The summed E-state index contributed by atoms with van der Waals surface area (Å²) in [6.45, 7) is 2.52. The van der Waals surface area contributed by atoms with Gasteiger partial charge in [0.05, 0.1) is 25.8 Å². The molecule has 3 rings (SSSR count). The first-order valence-corrected chi connectivity index (χ1v) is 9.77. The zero-order valence-corrected chi connectivity index (χ0v) is 15.2. The van der Waals surface area contributed by atoms with Crippen LogP contribution >= 0.6 is 0 Å². The van der Waals surface area contributed by atoms with Gasteiger partial charge in [-0.25, -0.2) is 4.79 Å². The van der Waals surface area contributed by atoms with E-state index < -0.39 is 40.3 Å². The molecule has 2 bridgehead atoms. The normalized spacial score (nSPS) is 26.2. The second kappa shape index (κ2) is 7.93. The number of fused-ring (bicyclic) bond motifs is 2. The van der Waals surface area contributed by atoms with E-state index in [1.807, 2.05) is 4.90 Å². The summed E-state index contributed by atoms with van der Waals surface area (Å²) in [5, 5.41) is 0.555. The van der Waals surface area contributed by atoms with Crippen molar-refractivity contribution in [2.45, 2.75) is 24.9 Å². The maximum absolute atomic E-state index is 12.3. The molecule has 4 amide bonds. The van der Waals surface area contributed by atoms with Crippen LogP contribution < -0.4 is 10.9 Å². The Morgan fingerprint density at radius 3 is 2.59 bits per heavy atom. The van der Waals surface area contributed by atoms with Gasteiger partial charge >= 0.3 is 16.4 Å². The average molecular weight is 407 g/mol. The van der Waals surface area contributed by atoms with Crippen LogP contribution in [0.1, 0.15) is 12.8 Å². The number of urea groups is 1. The van der Waals surface area contributed by atoms with Gasteiger partial charge in [0.25, 0.3) is 11.8 Å². The molecule has 3 fully saturated rings. The summed E-state index contributed by atoms with van der Waals surface area (Å²) in [7, 11) is -4.85. The Hall–Kier alpha value is -2.00. The number of hydrogen-bond donors (Lipinski definition) is 3. The molecule has 14 heteroatoms. The highest BCUT2D eigenvalue weighted by molar-refractivity contribution is 7.80. The second-order valence-electron chi connectivity index (χ2n) is 6.44. The molecule has 0 aromatic carbocycles. The highest BCUT2D eigenvalue weighted by atomic mass is 32.3. The molecule has 0 aliphatic carbocycles. The monoisotopic (exact) mass is 407 g/mol. The van der Waals surface area contributed by atoms with E-state index in [1.54, 1.807) is 0 Å². The molecule has 3 aliphatic heterocycles. The van der Waals surface area contributed by atoms with Crippen LogP contribution in [0.5, 0.6) is 0 Å². The third-order valence-electron chi connectivity index (χ3n) is 4.60. The molecule has 0 spiro atoms. The van der Waals surface area contributed by atoms with Crippen molar-refractivity contribution in [1.82, 2.24) is 25.7 Å². The second-order valence-corrected chi connectivity index (χ2v) is 7.44. The van der Waals surface area contributed by atoms with Crippen LogP contribution in [-0.4, -0.2) is 97.2 Å². The van der Waals surface area contributed by atoms with Crippen molar-refractivity contribution in [3.05, 3.63) is 0 Å². The van der Waals surface area contributed by atoms with Crippen molar-refractivity contribution >= 4 is 28.2 Å². The van der Waals surface area contributed by atoms with E-state index in [9.17, 15) is 22.8 Å². The predicted octanol–water partition coefficient (Wildman–Crippen LogP) is -2.53. The number of amides is 4. The summed E-state index contributed by atoms with van der Waals surface area (Å²) in [4.78, 5) is 39.5. The number of hydrazine groups is 1. The van der Waals surface area contributed by atoms with Crippen molar-refractivity contribution in [2.24, 2.45) is 0 Å². The maximum atomic E-state index is 12.3. The van der Waals surface area contributed by atoms with Crippen LogP contribution in [0.3, 0.4) is 0 Å². The lowest BCUT2D eigenvalue weighted by atomic mass is 10.0. The van der Waals surface area contributed by atoms with E-state index in [4.69, 9.17) is 9.29 Å². The first kappa shape index (κ1) is 19.8. The van der Waals surface area contributed by atoms with E-state index in [0.717, 1.165) is 4.90 Å². The van der Waals surface area contributed by atoms with Crippen LogP contribution in [0, 0.1) is 0 Å². The molecule has 3 aliphatic rings. The van der Waals surface area contributed by atoms with E-state index in [0.29, 0.717) is 37.8 Å². The third-order valence-corrected chi connectivity index (χ3v) is 4.95. The fourth-order valence-electron chi connectivity index (χ4n) is 3.32. The fraction of sp³-hybridized carbons (Fsp3) is 0.769. The Bertz CT molecular complexity index is 709. The molecule has 0 saturated carbocycles. The van der Waals surface area contributed by atoms with Gasteiger partial charge in [0.1, 0.15) is 6.04 Å². The molecule has 0 radical (unpaired) electrons. The van der Waals surface area contributed by atoms with Gasteiger partial charge in [-0.1, -0.05) is 0 Å². The van der Waals surface area contributed by atoms with Crippen LogP contribution in [0.2, 0.25) is 0 Å². The highest BCUT2D eigenvalue weighted by Crippen LogP contribution is 2.30. The number of nitrogens with zero attached hydrogens (tertiary/aromatic N) is 3. The molecule has 27 heavy (non-hydrogen) atoms. The minimum atomic E-state index is -4.85. The maximum Gasteiger partial charge on any atom is 0.418 e. The van der Waals surface area contributed by atoms with E-state index in [1.165, 1.54) is 0 Å². The molecular formula is C13H21N5O8S. The Labute approximate surface area is 155 Å². The van der Waals surface area contributed by atoms with Gasteiger partial charge in [0.15, 0.2) is 0 Å². The smallest absolute Gasteiger partial charge is 0.379 e. The number of carbonyl (C=O) groups excluding carboxylic acids is 3. The molecule has 1 unspecified atom stereocenters. The number of morpholine rings is 1. The minimum absolute atomic E-state index is 0.0775. The minimum Gasteiger partial charge on any atom is -0.379 e. The van der Waals surface area contributed by atoms with Crippen molar-refractivity contribution in [3.8, 4) is 0 Å². The highest BCUT2D eigenvalue weighted by Gasteiger charge is 2.49. The first-order chi connectivity index (χ1) is 12.7. The third kappa shape index (κ3) is 4.84. The molecule has 0 aromatic rings. The largest absolute Gasteiger partial charge is 0.418 e. The number of rotatable bonds is 5. The fourth-order valence-corrected chi connectivity index (χ4v) is 3.71. The predicted molar refractivity (Wildman–Crippen MR) is 86.9 cm³/mol. The zero-order valence-electron chi connectivity index (χ0n) is 14.4. The van der Waals surface area contributed by atoms with Gasteiger partial charge in [-0.3, -0.25) is 29.9 Å². The number of ether oxygens (including phenoxy) is 1. The van der Waals surface area contributed by atoms with E-state index in [2.05, 4.69) is 15.1 Å². The van der Waals surface area contributed by atoms with Crippen LogP contribution in [0.25, 0.3) is 0 Å². The van der Waals surface area contributed by atoms with Crippen LogP contribution in [0.4, 0.5) is 4.79 Å². The van der Waals surface area contributed by atoms with Gasteiger partial charge in [0, 0.05) is 19.6 Å². The number of carbonyl (C=O) groups is 3. The number of hydroxylamine groups is 2. The summed E-state index contributed by atoms with van der Waals surface area (Å²) in [6, 6.07) is -2.30. The van der Waals surface area contributed by atoms with Crippen LogP contribution in [-0.2, 0) is 29.0 Å². The number of nitrogens with one attached hydrogen (secondary N) is 2. The Morgan fingerprint density at radius 2 is 1.93 bits per heavy atom. The Morgan fingerprint density at radius 1 is 1.22 bits per heavy atom. The molecule has 152 valence electrons. The lowest BCUT2D eigenvalue weighted by Crippen LogP contribution is -2.55. The van der Waals surface area contributed by atoms with Crippen molar-refractivity contribution in [3.63, 3.8) is 0 Å². The number of piperidine rings is 1. The van der Waals surface area contributed by atoms with Crippen molar-refractivity contribution in [1.29, 1.82) is 0 Å². The lowest BCUT2D eigenvalue weighted by Gasteiger charge is -2.29. The molecule has 3 heterocycles. The van der Waals surface area contributed by atoms with Gasteiger partial charge < -0.3 is 9.64 Å². The molecule has 3 N–H and O–H groups in total. The number of hydrogen-bond acceptors (Lipinski definition) is 8. The molecular weight excluding hydrogens is 386 g/mol. The standard InChI is InChI=1S/C13H21N5O8S/c19-11(8-16-3-5-25-6-4-16)14-15-12(20)10-2-1-9-7-17(10)13(21)18(9)26-27(22,23)24/h9-10H,1-8H2,(H,14,19)(H,15,20)(H,22,23,24)/t9?,10-/m0/s1. The molecule has 0 aromatic heterocycles. The summed E-state index contributed by atoms with van der Waals surface area (Å²) in [6.07, 6.45) is 0.560. The quantitative estimate of drug-likeness (QED) is 0.330. The van der Waals surface area contributed by atoms with Crippen molar-refractivity contribution in [2.75, 3.05) is 39.4 Å². The van der Waals surface area contributed by atoms with Gasteiger partial charge in [0.2, 0.25) is 0 Å². The Balaban J connectivity index is 1.50. The summed E-state index contributed by atoms with van der Waals surface area (Å²) >= 11 is 0. The van der Waals surface area contributed by atoms with Gasteiger partial charge in [-0.05, 0) is 12.8 Å². The van der Waals surface area contributed by atoms with Crippen molar-refractivity contribution < 1.29 is 36.4 Å². The van der Waals surface area contributed by atoms with Gasteiger partial charge in [-0.15, -0.1) is 4.28 Å². The summed E-state index contributed by atoms with van der Waals surface area (Å²) in [5.74, 6) is -0.992.